The van der Waals surface area contributed by atoms with Gasteiger partial charge in [0, 0.05) is 13.0 Å². The fourth-order valence-corrected chi connectivity index (χ4v) is 2.00. The highest BCUT2D eigenvalue weighted by Gasteiger charge is 2.34. The molecule has 0 unspecified atom stereocenters. The second-order valence-corrected chi connectivity index (χ2v) is 4.68. The van der Waals surface area contributed by atoms with Crippen LogP contribution >= 0.6 is 0 Å². The molecule has 7 nitrogen and oxygen atoms in total. The molecule has 21 heavy (non-hydrogen) atoms. The smallest absolute Gasteiger partial charge is 0.251 e. The van der Waals surface area contributed by atoms with Gasteiger partial charge in [-0.25, -0.2) is 0 Å². The molecule has 0 bridgehead atoms. The Hall–Kier alpha value is -2.57. The van der Waals surface area contributed by atoms with E-state index in [1.54, 1.807) is 7.11 Å². The maximum atomic E-state index is 11.7. The summed E-state index contributed by atoms with van der Waals surface area (Å²) in [6.45, 7) is 0.446. The maximum Gasteiger partial charge on any atom is 0.251 e. The molecule has 2 rings (SSSR count). The van der Waals surface area contributed by atoms with Gasteiger partial charge >= 0.3 is 0 Å². The maximum absolute atomic E-state index is 11.7. The molecular formula is C14H17N3O4. The summed E-state index contributed by atoms with van der Waals surface area (Å²) >= 11 is 0. The van der Waals surface area contributed by atoms with Crippen molar-refractivity contribution in [2.24, 2.45) is 5.92 Å². The molecule has 0 spiro atoms. The molecule has 1 fully saturated rings. The molecule has 0 saturated carbocycles. The highest BCUT2D eigenvalue weighted by atomic mass is 16.5. The van der Waals surface area contributed by atoms with Crippen molar-refractivity contribution in [3.8, 4) is 5.75 Å². The molecule has 0 aromatic heterocycles. The average Bonchev–Trinajstić information content (AvgIpc) is 2.80. The van der Waals surface area contributed by atoms with Crippen LogP contribution in [0.5, 0.6) is 5.75 Å². The van der Waals surface area contributed by atoms with Crippen LogP contribution in [0.25, 0.3) is 0 Å². The van der Waals surface area contributed by atoms with E-state index < -0.39 is 17.7 Å². The van der Waals surface area contributed by atoms with Crippen molar-refractivity contribution in [2.75, 3.05) is 13.7 Å². The molecule has 1 heterocycles. The summed E-state index contributed by atoms with van der Waals surface area (Å²) in [5, 5.41) is 2.70. The zero-order chi connectivity index (χ0) is 15.2. The van der Waals surface area contributed by atoms with E-state index in [9.17, 15) is 14.4 Å². The number of rotatable bonds is 6. The number of methoxy groups -OCH3 is 1. The standard InChI is InChI=1S/C14H17N3O4/c1-21-10-4-2-9(3-5-10)6-7-15-12(18)8-11-13(19)16-17-14(11)20/h2-5,11H,6-8H2,1H3,(H,15,18)(H,16,19)(H,17,20). The largest absolute Gasteiger partial charge is 0.497 e. The van der Waals surface area contributed by atoms with E-state index >= 15 is 0 Å². The summed E-state index contributed by atoms with van der Waals surface area (Å²) in [4.78, 5) is 34.3. The van der Waals surface area contributed by atoms with Gasteiger partial charge in [-0.05, 0) is 24.1 Å². The van der Waals surface area contributed by atoms with Crippen LogP contribution in [-0.2, 0) is 20.8 Å². The molecule has 3 N–H and O–H groups in total. The molecule has 112 valence electrons. The van der Waals surface area contributed by atoms with Crippen LogP contribution in [0.3, 0.4) is 0 Å². The number of hydrazine groups is 1. The molecule has 0 radical (unpaired) electrons. The Morgan fingerprint density at radius 1 is 1.19 bits per heavy atom. The molecule has 7 heteroatoms. The molecule has 3 amide bonds. The Labute approximate surface area is 122 Å². The monoisotopic (exact) mass is 291 g/mol. The Morgan fingerprint density at radius 2 is 1.81 bits per heavy atom. The summed E-state index contributed by atoms with van der Waals surface area (Å²) in [6, 6.07) is 7.54. The third-order valence-corrected chi connectivity index (χ3v) is 3.23. The summed E-state index contributed by atoms with van der Waals surface area (Å²) < 4.78 is 5.06. The first-order chi connectivity index (χ1) is 10.1. The van der Waals surface area contributed by atoms with Crippen molar-refractivity contribution in [1.29, 1.82) is 0 Å². The third-order valence-electron chi connectivity index (χ3n) is 3.23. The van der Waals surface area contributed by atoms with Crippen LogP contribution in [0.1, 0.15) is 12.0 Å². The van der Waals surface area contributed by atoms with Gasteiger partial charge in [0.25, 0.3) is 11.8 Å². The fraction of sp³-hybridized carbons (Fsp3) is 0.357. The second kappa shape index (κ2) is 6.74. The normalized spacial score (nSPS) is 14.5. The van der Waals surface area contributed by atoms with Crippen molar-refractivity contribution < 1.29 is 19.1 Å². The summed E-state index contributed by atoms with van der Waals surface area (Å²) in [7, 11) is 1.60. The first-order valence-corrected chi connectivity index (χ1v) is 6.59. The summed E-state index contributed by atoms with van der Waals surface area (Å²) in [5.74, 6) is -1.41. The van der Waals surface area contributed by atoms with Crippen molar-refractivity contribution in [3.05, 3.63) is 29.8 Å². The Kier molecular flexibility index (Phi) is 4.76. The SMILES string of the molecule is COc1ccc(CCNC(=O)CC2C(=O)NNC2=O)cc1. The minimum absolute atomic E-state index is 0.139. The van der Waals surface area contributed by atoms with E-state index in [4.69, 9.17) is 4.74 Å². The third kappa shape index (κ3) is 3.95. The first kappa shape index (κ1) is 14.8. The van der Waals surface area contributed by atoms with Gasteiger partial charge in [-0.1, -0.05) is 12.1 Å². The van der Waals surface area contributed by atoms with E-state index in [1.807, 2.05) is 24.3 Å². The Bertz CT molecular complexity index is 526. The van der Waals surface area contributed by atoms with Crippen LogP contribution in [-0.4, -0.2) is 31.4 Å². The van der Waals surface area contributed by atoms with E-state index in [2.05, 4.69) is 16.2 Å². The lowest BCUT2D eigenvalue weighted by Crippen LogP contribution is -2.31. The van der Waals surface area contributed by atoms with Crippen molar-refractivity contribution in [1.82, 2.24) is 16.2 Å². The predicted octanol–water partition coefficient (Wildman–Crippen LogP) is -0.479. The number of amides is 3. The van der Waals surface area contributed by atoms with Crippen molar-refractivity contribution >= 4 is 17.7 Å². The van der Waals surface area contributed by atoms with E-state index in [0.717, 1.165) is 11.3 Å². The molecular weight excluding hydrogens is 274 g/mol. The summed E-state index contributed by atoms with van der Waals surface area (Å²) in [6.07, 6.45) is 0.527. The van der Waals surface area contributed by atoms with Crippen molar-refractivity contribution in [3.63, 3.8) is 0 Å². The van der Waals surface area contributed by atoms with Crippen LogP contribution in [0.4, 0.5) is 0 Å². The minimum Gasteiger partial charge on any atom is -0.497 e. The van der Waals surface area contributed by atoms with E-state index in [0.29, 0.717) is 13.0 Å². The minimum atomic E-state index is -0.939. The summed E-state index contributed by atoms with van der Waals surface area (Å²) in [5.41, 5.74) is 5.44. The van der Waals surface area contributed by atoms with Gasteiger partial charge in [0.1, 0.15) is 11.7 Å². The zero-order valence-electron chi connectivity index (χ0n) is 11.6. The van der Waals surface area contributed by atoms with Crippen LogP contribution in [0.2, 0.25) is 0 Å². The van der Waals surface area contributed by atoms with Gasteiger partial charge in [-0.15, -0.1) is 0 Å². The van der Waals surface area contributed by atoms with Crippen LogP contribution < -0.4 is 20.9 Å². The van der Waals surface area contributed by atoms with Gasteiger partial charge in [-0.2, -0.15) is 0 Å². The average molecular weight is 291 g/mol. The number of ether oxygens (including phenoxy) is 1. The zero-order valence-corrected chi connectivity index (χ0v) is 11.6. The topological polar surface area (TPSA) is 96.5 Å². The van der Waals surface area contributed by atoms with E-state index in [-0.39, 0.29) is 12.3 Å². The lowest BCUT2D eigenvalue weighted by molar-refractivity contribution is -0.133. The van der Waals surface area contributed by atoms with Gasteiger partial charge in [0.05, 0.1) is 7.11 Å². The Morgan fingerprint density at radius 3 is 2.38 bits per heavy atom. The molecule has 1 aliphatic heterocycles. The predicted molar refractivity (Wildman–Crippen MR) is 74.1 cm³/mol. The molecule has 1 aromatic rings. The number of nitrogens with one attached hydrogen (secondary N) is 3. The molecule has 1 aliphatic rings. The van der Waals surface area contributed by atoms with Crippen molar-refractivity contribution in [2.45, 2.75) is 12.8 Å². The van der Waals surface area contributed by atoms with E-state index in [1.165, 1.54) is 0 Å². The molecule has 1 saturated heterocycles. The molecule has 1 aromatic carbocycles. The number of carbonyl (C=O) groups excluding carboxylic acids is 3. The van der Waals surface area contributed by atoms with Gasteiger partial charge in [0.15, 0.2) is 0 Å². The molecule has 0 atom stereocenters. The van der Waals surface area contributed by atoms with Gasteiger partial charge in [-0.3, -0.25) is 25.2 Å². The lowest BCUT2D eigenvalue weighted by Gasteiger charge is -2.07. The molecule has 0 aliphatic carbocycles. The van der Waals surface area contributed by atoms with Gasteiger partial charge in [0.2, 0.25) is 5.91 Å². The number of carbonyl (C=O) groups is 3. The fourth-order valence-electron chi connectivity index (χ4n) is 2.00. The second-order valence-electron chi connectivity index (χ2n) is 4.68. The van der Waals surface area contributed by atoms with Crippen LogP contribution in [0, 0.1) is 5.92 Å². The quantitative estimate of drug-likeness (QED) is 0.617. The lowest BCUT2D eigenvalue weighted by atomic mass is 10.1. The first-order valence-electron chi connectivity index (χ1n) is 6.59. The Balaban J connectivity index is 1.73. The number of hydrogen-bond donors (Lipinski definition) is 3. The number of hydrogen-bond acceptors (Lipinski definition) is 4. The van der Waals surface area contributed by atoms with Crippen LogP contribution in [0.15, 0.2) is 24.3 Å². The highest BCUT2D eigenvalue weighted by molar-refractivity contribution is 6.07. The number of benzene rings is 1. The van der Waals surface area contributed by atoms with Gasteiger partial charge < -0.3 is 10.1 Å². The highest BCUT2D eigenvalue weighted by Crippen LogP contribution is 2.11.